The van der Waals surface area contributed by atoms with E-state index in [2.05, 4.69) is 58.2 Å². The minimum Gasteiger partial charge on any atom is -0.394 e. The first-order valence-corrected chi connectivity index (χ1v) is 25.0. The topological polar surface area (TPSA) is 454 Å². The smallest absolute Gasteiger partial charge is 0.245 e. The summed E-state index contributed by atoms with van der Waals surface area (Å²) >= 11 is 0. The number of aliphatic hydroxyl groups is 3. The van der Waals surface area contributed by atoms with E-state index in [0.717, 1.165) is 0 Å². The third-order valence-corrected chi connectivity index (χ3v) is 12.2. The van der Waals surface area contributed by atoms with Gasteiger partial charge in [-0.05, 0) is 49.3 Å². The number of aromatic amines is 1. The fraction of sp³-hybridized carbons (Fsp3) is 0.480. The van der Waals surface area contributed by atoms with Crippen LogP contribution in [0.15, 0.2) is 60.8 Å². The lowest BCUT2D eigenvalue weighted by atomic mass is 10.0. The fourth-order valence-electron chi connectivity index (χ4n) is 8.07. The van der Waals surface area contributed by atoms with Gasteiger partial charge in [0.05, 0.1) is 32.4 Å². The lowest BCUT2D eigenvalue weighted by molar-refractivity contribution is -0.137. The molecule has 2 aromatic carbocycles. The molecule has 1 fully saturated rings. The molecule has 1 aliphatic heterocycles. The molecular weight excluding hydrogens is 1020 g/mol. The van der Waals surface area contributed by atoms with Crippen LogP contribution in [0.25, 0.3) is 10.9 Å². The van der Waals surface area contributed by atoms with E-state index in [1.54, 1.807) is 74.6 Å². The summed E-state index contributed by atoms with van der Waals surface area (Å²) in [4.78, 5) is 158. The van der Waals surface area contributed by atoms with Gasteiger partial charge in [0.1, 0.15) is 48.3 Å². The molecule has 0 radical (unpaired) electrons. The summed E-state index contributed by atoms with van der Waals surface area (Å²) in [5, 5.41) is 55.6. The molecule has 18 N–H and O–H groups in total. The van der Waals surface area contributed by atoms with Crippen molar-refractivity contribution in [3.8, 4) is 0 Å². The molecule has 1 aliphatic rings. The van der Waals surface area contributed by atoms with Gasteiger partial charge in [-0.2, -0.15) is 0 Å². The molecule has 4 rings (SSSR count). The predicted octanol–water partition coefficient (Wildman–Crippen LogP) is -5.98. The molecule has 0 aliphatic carbocycles. The fourth-order valence-corrected chi connectivity index (χ4v) is 8.07. The molecule has 28 nitrogen and oxygen atoms in total. The van der Waals surface area contributed by atoms with Crippen LogP contribution in [-0.4, -0.2) is 172 Å². The van der Waals surface area contributed by atoms with Crippen LogP contribution in [0.1, 0.15) is 64.0 Å². The number of hydrogen-bond acceptors (Lipinski definition) is 15. The molecule has 0 bridgehead atoms. The number of amides is 12. The summed E-state index contributed by atoms with van der Waals surface area (Å²) in [6, 6.07) is 3.68. The van der Waals surface area contributed by atoms with Crippen molar-refractivity contribution in [3.63, 3.8) is 0 Å². The molecule has 0 spiro atoms. The Labute approximate surface area is 447 Å². The molecular formula is C50H69N13O15. The highest BCUT2D eigenvalue weighted by Crippen LogP contribution is 2.19. The molecule has 1 saturated heterocycles. The number of primary amides is 2. The van der Waals surface area contributed by atoms with Crippen LogP contribution in [-0.2, 0) is 70.4 Å². The Morgan fingerprint density at radius 1 is 0.628 bits per heavy atom. The van der Waals surface area contributed by atoms with Gasteiger partial charge in [0.25, 0.3) is 0 Å². The Balaban J connectivity index is 1.41. The number of nitrogens with one attached hydrogen (secondary N) is 11. The lowest BCUT2D eigenvalue weighted by Crippen LogP contribution is -2.62. The Kier molecular flexibility index (Phi) is 24.1. The molecule has 424 valence electrons. The minimum absolute atomic E-state index is 0.107. The maximum absolute atomic E-state index is 13.9. The number of carbonyl (C=O) groups is 12. The van der Waals surface area contributed by atoms with Crippen molar-refractivity contribution in [1.29, 1.82) is 0 Å². The number of nitrogens with two attached hydrogens (primary N) is 2. The van der Waals surface area contributed by atoms with Crippen LogP contribution in [0.4, 0.5) is 0 Å². The summed E-state index contributed by atoms with van der Waals surface area (Å²) in [6.07, 6.45) is -0.346. The van der Waals surface area contributed by atoms with Crippen molar-refractivity contribution in [2.75, 3.05) is 26.3 Å². The van der Waals surface area contributed by atoms with Gasteiger partial charge in [0.2, 0.25) is 70.9 Å². The largest absolute Gasteiger partial charge is 0.394 e. The Morgan fingerprint density at radius 3 is 1.73 bits per heavy atom. The number of hydrogen-bond donors (Lipinski definition) is 16. The Hall–Kier alpha value is -8.50. The third kappa shape index (κ3) is 19.6. The first kappa shape index (κ1) is 62.0. The molecule has 0 unspecified atom stereocenters. The summed E-state index contributed by atoms with van der Waals surface area (Å²) < 4.78 is 0. The number of para-hydroxylation sites is 1. The van der Waals surface area contributed by atoms with Gasteiger partial charge < -0.3 is 84.9 Å². The second kappa shape index (κ2) is 30.3. The highest BCUT2D eigenvalue weighted by molar-refractivity contribution is 5.99. The minimum atomic E-state index is -1.82. The summed E-state index contributed by atoms with van der Waals surface area (Å²) in [5.41, 5.74) is 12.2. The molecule has 28 heteroatoms. The molecule has 1 aromatic heterocycles. The van der Waals surface area contributed by atoms with Crippen LogP contribution < -0.4 is 64.6 Å². The molecule has 9 atom stereocenters. The van der Waals surface area contributed by atoms with Crippen LogP contribution in [0.3, 0.4) is 0 Å². The number of aliphatic hydroxyl groups excluding tert-OH is 3. The maximum Gasteiger partial charge on any atom is 0.245 e. The standard InChI is InChI=1S/C50H69N13O15/c1-25(2)17-33(59-46(74)32-14-16-39(68)57-32)48(76)63-42(26(3)66)50(78)60-34(18-27-9-5-4-6-10-27)47(75)62-37(24-65)49(77)61-36(23-64)45(73)55-22-41(70)58-35(19-28-20-53-30-12-8-7-11-29(28)30)44(72)54-21-40(69)56-31(43(52)71)13-15-38(51)67/h4-12,20,25-26,31-37,42,53,64-66H,13-19,21-24H2,1-3H3,(H2,51,67)(H2,52,71)(H,54,72)(H,55,73)(H,56,69)(H,57,68)(H,58,70)(H,59,74)(H,60,78)(H,61,77)(H,62,75)(H,63,76)/t26-,31+,32+,33+,34+,35+,36+,37+,42+/m1/s1. The van der Waals surface area contributed by atoms with Crippen molar-refractivity contribution in [1.82, 2.24) is 58.2 Å². The molecule has 0 saturated carbocycles. The predicted molar refractivity (Wildman–Crippen MR) is 276 cm³/mol. The number of rotatable bonds is 31. The zero-order valence-corrected chi connectivity index (χ0v) is 43.2. The van der Waals surface area contributed by atoms with Crippen molar-refractivity contribution in [2.45, 2.75) is 120 Å². The van der Waals surface area contributed by atoms with E-state index in [4.69, 9.17) is 11.5 Å². The second-order valence-electron chi connectivity index (χ2n) is 19.0. The van der Waals surface area contributed by atoms with E-state index in [1.165, 1.54) is 6.92 Å². The van der Waals surface area contributed by atoms with Gasteiger partial charge in [-0.15, -0.1) is 0 Å². The monoisotopic (exact) mass is 1090 g/mol. The zero-order valence-electron chi connectivity index (χ0n) is 43.2. The second-order valence-corrected chi connectivity index (χ2v) is 19.0. The number of H-pyrrole nitrogens is 1. The van der Waals surface area contributed by atoms with E-state index in [-0.39, 0.29) is 56.8 Å². The van der Waals surface area contributed by atoms with E-state index in [0.29, 0.717) is 22.0 Å². The van der Waals surface area contributed by atoms with Crippen LogP contribution in [0, 0.1) is 5.92 Å². The number of fused-ring (bicyclic) bond motifs is 1. The molecule has 78 heavy (non-hydrogen) atoms. The van der Waals surface area contributed by atoms with Crippen LogP contribution in [0.5, 0.6) is 0 Å². The van der Waals surface area contributed by atoms with Gasteiger partial charge in [-0.25, -0.2) is 0 Å². The van der Waals surface area contributed by atoms with Gasteiger partial charge in [0.15, 0.2) is 0 Å². The Bertz CT molecular complexity index is 2650. The Morgan fingerprint density at radius 2 is 1.17 bits per heavy atom. The van der Waals surface area contributed by atoms with E-state index >= 15 is 0 Å². The molecule has 2 heterocycles. The average Bonchev–Trinajstić information content (AvgIpc) is 4.03. The average molecular weight is 1090 g/mol. The highest BCUT2D eigenvalue weighted by Gasteiger charge is 2.36. The van der Waals surface area contributed by atoms with E-state index < -0.39 is 146 Å². The maximum atomic E-state index is 13.9. The van der Waals surface area contributed by atoms with Crippen LogP contribution in [0.2, 0.25) is 0 Å². The SMILES string of the molecule is CC(C)C[C@H](NC(=O)[C@@H]1CCC(=O)N1)C(=O)N[C@H](C(=O)N[C@@H](Cc1ccccc1)C(=O)N[C@@H](CO)C(=O)N[C@@H](CO)C(=O)NCC(=O)N[C@@H](Cc1c[nH]c2ccccc12)C(=O)NCC(=O)N[C@@H](CCC(N)=O)C(N)=O)[C@@H](C)O. The van der Waals surface area contributed by atoms with Gasteiger partial charge in [-0.3, -0.25) is 57.5 Å². The first-order chi connectivity index (χ1) is 37.0. The lowest BCUT2D eigenvalue weighted by Gasteiger charge is -2.28. The molecule has 3 aromatic rings. The molecule has 12 amide bonds. The number of aromatic nitrogens is 1. The number of carbonyl (C=O) groups excluding carboxylic acids is 12. The van der Waals surface area contributed by atoms with Crippen molar-refractivity contribution in [2.24, 2.45) is 17.4 Å². The van der Waals surface area contributed by atoms with Crippen LogP contribution >= 0.6 is 0 Å². The van der Waals surface area contributed by atoms with Gasteiger partial charge in [-0.1, -0.05) is 62.4 Å². The van der Waals surface area contributed by atoms with Crippen molar-refractivity contribution < 1.29 is 72.9 Å². The van der Waals surface area contributed by atoms with Gasteiger partial charge in [0, 0.05) is 42.8 Å². The summed E-state index contributed by atoms with van der Waals surface area (Å²) in [5.74, 6) is -10.8. The quantitative estimate of drug-likeness (QED) is 0.0285. The third-order valence-electron chi connectivity index (χ3n) is 12.2. The van der Waals surface area contributed by atoms with Gasteiger partial charge >= 0.3 is 0 Å². The summed E-state index contributed by atoms with van der Waals surface area (Å²) in [7, 11) is 0. The summed E-state index contributed by atoms with van der Waals surface area (Å²) in [6.45, 7) is 1.11. The highest BCUT2D eigenvalue weighted by atomic mass is 16.3. The normalized spacial score (nSPS) is 16.0. The number of benzene rings is 2. The van der Waals surface area contributed by atoms with Crippen molar-refractivity contribution in [3.05, 3.63) is 71.9 Å². The van der Waals surface area contributed by atoms with E-state index in [9.17, 15) is 72.9 Å². The zero-order chi connectivity index (χ0) is 57.6. The first-order valence-electron chi connectivity index (χ1n) is 25.0. The van der Waals surface area contributed by atoms with E-state index in [1.807, 2.05) is 0 Å². The van der Waals surface area contributed by atoms with Crippen molar-refractivity contribution >= 4 is 81.8 Å².